The molecule has 1 heterocycles. The quantitative estimate of drug-likeness (QED) is 0.760. The fraction of sp³-hybridized carbons (Fsp3) is 0.538. The van der Waals surface area contributed by atoms with Gasteiger partial charge in [0.15, 0.2) is 0 Å². The third-order valence-electron chi connectivity index (χ3n) is 3.18. The number of nitrogens with zero attached hydrogens (tertiary/aromatic N) is 1. The van der Waals surface area contributed by atoms with Gasteiger partial charge in [0, 0.05) is 24.3 Å². The van der Waals surface area contributed by atoms with Gasteiger partial charge >= 0.3 is 0 Å². The minimum Gasteiger partial charge on any atom is -0.369 e. The molecule has 0 bridgehead atoms. The molecule has 1 aromatic rings. The zero-order valence-corrected chi connectivity index (χ0v) is 9.66. The van der Waals surface area contributed by atoms with Crippen molar-refractivity contribution in [3.63, 3.8) is 0 Å². The van der Waals surface area contributed by atoms with Crippen LogP contribution < -0.4 is 10.6 Å². The average Bonchev–Trinajstić information content (AvgIpc) is 2.17. The minimum atomic E-state index is -0.0273. The molecule has 2 rings (SSSR count). The number of hydrogen-bond acceptors (Lipinski definition) is 2. The van der Waals surface area contributed by atoms with Crippen LogP contribution in [0.4, 0.5) is 5.69 Å². The van der Waals surface area contributed by atoms with Gasteiger partial charge in [0.2, 0.25) is 0 Å². The average molecular weight is 204 g/mol. The van der Waals surface area contributed by atoms with Gasteiger partial charge in [-0.3, -0.25) is 0 Å². The van der Waals surface area contributed by atoms with Gasteiger partial charge in [-0.25, -0.2) is 0 Å². The predicted octanol–water partition coefficient (Wildman–Crippen LogP) is 2.31. The highest BCUT2D eigenvalue weighted by atomic mass is 15.2. The lowest BCUT2D eigenvalue weighted by Gasteiger charge is -2.39. The van der Waals surface area contributed by atoms with Gasteiger partial charge in [-0.2, -0.15) is 0 Å². The van der Waals surface area contributed by atoms with Crippen LogP contribution in [0.25, 0.3) is 0 Å². The first-order valence-corrected chi connectivity index (χ1v) is 5.68. The highest BCUT2D eigenvalue weighted by Gasteiger charge is 2.27. The van der Waals surface area contributed by atoms with E-state index in [0.717, 1.165) is 19.5 Å². The second-order valence-corrected chi connectivity index (χ2v) is 4.97. The van der Waals surface area contributed by atoms with E-state index >= 15 is 0 Å². The van der Waals surface area contributed by atoms with Gasteiger partial charge in [-0.05, 0) is 38.3 Å². The van der Waals surface area contributed by atoms with E-state index in [2.05, 4.69) is 43.0 Å². The normalized spacial score (nSPS) is 26.7. The maximum Gasteiger partial charge on any atom is 0.0396 e. The first kappa shape index (κ1) is 10.5. The number of aryl methyl sites for hydroxylation is 1. The lowest BCUT2D eigenvalue weighted by molar-refractivity contribution is 0.374. The van der Waals surface area contributed by atoms with Crippen LogP contribution in [0.2, 0.25) is 0 Å². The molecule has 82 valence electrons. The topological polar surface area (TPSA) is 29.3 Å². The molecule has 15 heavy (non-hydrogen) atoms. The van der Waals surface area contributed by atoms with Crippen LogP contribution in [0.5, 0.6) is 0 Å². The van der Waals surface area contributed by atoms with E-state index in [-0.39, 0.29) is 5.54 Å². The summed E-state index contributed by atoms with van der Waals surface area (Å²) in [4.78, 5) is 2.42. The lowest BCUT2D eigenvalue weighted by Crippen LogP contribution is -2.52. The standard InChI is InChI=1S/C13H20N2/c1-11-6-3-4-7-12(11)15-9-5-8-13(2,14)10-15/h3-4,6-7H,5,8-10,14H2,1-2H3. The van der Waals surface area contributed by atoms with Crippen molar-refractivity contribution in [3.8, 4) is 0 Å². The fourth-order valence-corrected chi connectivity index (χ4v) is 2.39. The Bertz CT molecular complexity index is 344. The maximum absolute atomic E-state index is 6.21. The van der Waals surface area contributed by atoms with Gasteiger partial charge in [0.25, 0.3) is 0 Å². The van der Waals surface area contributed by atoms with Crippen LogP contribution >= 0.6 is 0 Å². The summed E-state index contributed by atoms with van der Waals surface area (Å²) in [6.07, 6.45) is 2.33. The van der Waals surface area contributed by atoms with Crippen molar-refractivity contribution in [1.29, 1.82) is 0 Å². The molecule has 1 aromatic carbocycles. The smallest absolute Gasteiger partial charge is 0.0396 e. The Balaban J connectivity index is 2.21. The largest absolute Gasteiger partial charge is 0.369 e. The minimum absolute atomic E-state index is 0.0273. The second-order valence-electron chi connectivity index (χ2n) is 4.97. The summed E-state index contributed by atoms with van der Waals surface area (Å²) in [5.41, 5.74) is 8.87. The zero-order chi connectivity index (χ0) is 10.9. The third kappa shape index (κ3) is 2.32. The van der Waals surface area contributed by atoms with E-state index in [0.29, 0.717) is 0 Å². The van der Waals surface area contributed by atoms with Crippen LogP contribution in [0.15, 0.2) is 24.3 Å². The third-order valence-corrected chi connectivity index (χ3v) is 3.18. The molecule has 1 unspecified atom stereocenters. The predicted molar refractivity (Wildman–Crippen MR) is 65.2 cm³/mol. The highest BCUT2D eigenvalue weighted by molar-refractivity contribution is 5.53. The molecule has 0 radical (unpaired) electrons. The first-order chi connectivity index (χ1) is 7.08. The fourth-order valence-electron chi connectivity index (χ4n) is 2.39. The first-order valence-electron chi connectivity index (χ1n) is 5.68. The molecule has 2 nitrogen and oxygen atoms in total. The van der Waals surface area contributed by atoms with Crippen molar-refractivity contribution >= 4 is 5.69 Å². The Morgan fingerprint density at radius 1 is 1.33 bits per heavy atom. The number of para-hydroxylation sites is 1. The van der Waals surface area contributed by atoms with E-state index in [1.807, 2.05) is 0 Å². The van der Waals surface area contributed by atoms with Gasteiger partial charge in [0.1, 0.15) is 0 Å². The van der Waals surface area contributed by atoms with Crippen molar-refractivity contribution in [2.45, 2.75) is 32.2 Å². The van der Waals surface area contributed by atoms with Crippen LogP contribution in [-0.4, -0.2) is 18.6 Å². The summed E-state index contributed by atoms with van der Waals surface area (Å²) >= 11 is 0. The summed E-state index contributed by atoms with van der Waals surface area (Å²) in [6.45, 7) is 6.42. The van der Waals surface area contributed by atoms with Gasteiger partial charge in [-0.1, -0.05) is 18.2 Å². The molecule has 1 aliphatic heterocycles. The van der Waals surface area contributed by atoms with Crippen LogP contribution in [0.3, 0.4) is 0 Å². The summed E-state index contributed by atoms with van der Waals surface area (Å²) in [5.74, 6) is 0. The molecule has 1 fully saturated rings. The van der Waals surface area contributed by atoms with E-state index in [1.165, 1.54) is 17.7 Å². The zero-order valence-electron chi connectivity index (χ0n) is 9.66. The number of anilines is 1. The van der Waals surface area contributed by atoms with E-state index in [4.69, 9.17) is 5.73 Å². The van der Waals surface area contributed by atoms with Gasteiger partial charge < -0.3 is 10.6 Å². The number of nitrogens with two attached hydrogens (primary N) is 1. The number of rotatable bonds is 1. The van der Waals surface area contributed by atoms with Crippen LogP contribution in [0, 0.1) is 6.92 Å². The molecular weight excluding hydrogens is 184 g/mol. The SMILES string of the molecule is Cc1ccccc1N1CCCC(C)(N)C1. The number of benzene rings is 1. The summed E-state index contributed by atoms with van der Waals surface area (Å²) in [6, 6.07) is 8.55. The summed E-state index contributed by atoms with van der Waals surface area (Å²) in [5, 5.41) is 0. The van der Waals surface area contributed by atoms with Crippen molar-refractivity contribution in [2.24, 2.45) is 5.73 Å². The Labute approximate surface area is 92.1 Å². The Hall–Kier alpha value is -1.02. The molecule has 0 aliphatic carbocycles. The summed E-state index contributed by atoms with van der Waals surface area (Å²) in [7, 11) is 0. The molecule has 0 spiro atoms. The Morgan fingerprint density at radius 2 is 2.07 bits per heavy atom. The second kappa shape index (κ2) is 3.86. The molecule has 0 amide bonds. The number of piperidine rings is 1. The van der Waals surface area contributed by atoms with Gasteiger partial charge in [0.05, 0.1) is 0 Å². The van der Waals surface area contributed by atoms with E-state index in [9.17, 15) is 0 Å². The van der Waals surface area contributed by atoms with Crippen LogP contribution in [0.1, 0.15) is 25.3 Å². The van der Waals surface area contributed by atoms with Crippen LogP contribution in [-0.2, 0) is 0 Å². The monoisotopic (exact) mass is 204 g/mol. The molecule has 1 saturated heterocycles. The number of hydrogen-bond donors (Lipinski definition) is 1. The summed E-state index contributed by atoms with van der Waals surface area (Å²) < 4.78 is 0. The van der Waals surface area contributed by atoms with Crippen molar-refractivity contribution < 1.29 is 0 Å². The molecule has 0 aromatic heterocycles. The Morgan fingerprint density at radius 3 is 2.73 bits per heavy atom. The molecular formula is C13H20N2. The molecule has 2 N–H and O–H groups in total. The van der Waals surface area contributed by atoms with Crippen molar-refractivity contribution in [3.05, 3.63) is 29.8 Å². The van der Waals surface area contributed by atoms with Crippen molar-refractivity contribution in [1.82, 2.24) is 0 Å². The molecule has 1 atom stereocenters. The van der Waals surface area contributed by atoms with Crippen molar-refractivity contribution in [2.75, 3.05) is 18.0 Å². The molecule has 0 saturated carbocycles. The molecule has 2 heteroatoms. The Kier molecular flexibility index (Phi) is 2.70. The van der Waals surface area contributed by atoms with Gasteiger partial charge in [-0.15, -0.1) is 0 Å². The maximum atomic E-state index is 6.21. The molecule has 1 aliphatic rings. The van der Waals surface area contributed by atoms with E-state index < -0.39 is 0 Å². The highest BCUT2D eigenvalue weighted by Crippen LogP contribution is 2.26. The van der Waals surface area contributed by atoms with E-state index in [1.54, 1.807) is 0 Å². The lowest BCUT2D eigenvalue weighted by atomic mass is 9.92.